The number of rotatable bonds is 3. The maximum Gasteiger partial charge on any atom is 0.418 e. The molecule has 0 saturated carbocycles. The summed E-state index contributed by atoms with van der Waals surface area (Å²) in [6.45, 7) is 6.99. The first kappa shape index (κ1) is 22.9. The number of nitrogens with one attached hydrogen (secondary N) is 1. The number of hydrogen-bond acceptors (Lipinski definition) is 5. The second-order valence-corrected chi connectivity index (χ2v) is 7.23. The fraction of sp³-hybridized carbons (Fsp3) is 0.455. The van der Waals surface area contributed by atoms with Crippen molar-refractivity contribution in [3.8, 4) is 0 Å². The van der Waals surface area contributed by atoms with Gasteiger partial charge in [-0.25, -0.2) is 4.98 Å². The topological polar surface area (TPSA) is 72.7 Å². The zero-order chi connectivity index (χ0) is 22.6. The molecule has 1 fully saturated rings. The number of aryl methyl sites for hydroxylation is 1. The molecule has 0 aromatic carbocycles. The fourth-order valence-corrected chi connectivity index (χ4v) is 3.78. The van der Waals surface area contributed by atoms with Crippen molar-refractivity contribution in [3.63, 3.8) is 0 Å². The highest BCUT2D eigenvalue weighted by molar-refractivity contribution is 5.71. The molecule has 1 aliphatic heterocycles. The molecule has 0 aliphatic carbocycles. The number of hydrogen-bond donors (Lipinski definition) is 1. The quantitative estimate of drug-likeness (QED) is 0.675. The summed E-state index contributed by atoms with van der Waals surface area (Å²) in [6, 6.07) is 3.95. The lowest BCUT2D eigenvalue weighted by Gasteiger charge is -2.23. The average molecular weight is 433 g/mol. The molecular formula is C22H26F3N5O. The molecular weight excluding hydrogens is 407 g/mol. The number of aromatic nitrogens is 4. The smallest absolute Gasteiger partial charge is 0.317 e. The first-order valence-corrected chi connectivity index (χ1v) is 10.4. The van der Waals surface area contributed by atoms with Crippen molar-refractivity contribution in [3.05, 3.63) is 63.5 Å². The summed E-state index contributed by atoms with van der Waals surface area (Å²) < 4.78 is 41.6. The van der Waals surface area contributed by atoms with E-state index in [-0.39, 0.29) is 29.4 Å². The van der Waals surface area contributed by atoms with Crippen molar-refractivity contribution in [1.29, 1.82) is 0 Å². The Bertz CT molecular complexity index is 1100. The van der Waals surface area contributed by atoms with E-state index < -0.39 is 11.7 Å². The van der Waals surface area contributed by atoms with Gasteiger partial charge in [-0.2, -0.15) is 13.2 Å². The van der Waals surface area contributed by atoms with Gasteiger partial charge in [0, 0.05) is 18.0 Å². The van der Waals surface area contributed by atoms with Gasteiger partial charge in [0.1, 0.15) is 5.52 Å². The van der Waals surface area contributed by atoms with Gasteiger partial charge < -0.3 is 5.32 Å². The molecule has 0 bridgehead atoms. The second kappa shape index (κ2) is 9.55. The number of alkyl halides is 3. The molecule has 3 aromatic rings. The highest BCUT2D eigenvalue weighted by Gasteiger charge is 2.34. The molecule has 166 valence electrons. The van der Waals surface area contributed by atoms with Crippen LogP contribution in [-0.4, -0.2) is 32.6 Å². The lowest BCUT2D eigenvalue weighted by molar-refractivity contribution is -0.138. The van der Waals surface area contributed by atoms with Crippen LogP contribution in [-0.2, 0) is 12.7 Å². The summed E-state index contributed by atoms with van der Waals surface area (Å²) in [4.78, 5) is 26.0. The van der Waals surface area contributed by atoms with Crippen molar-refractivity contribution in [1.82, 2.24) is 24.8 Å². The van der Waals surface area contributed by atoms with Crippen LogP contribution in [0.5, 0.6) is 0 Å². The first-order chi connectivity index (χ1) is 14.8. The fourth-order valence-electron chi connectivity index (χ4n) is 3.78. The maximum atomic E-state index is 13.4. The molecule has 31 heavy (non-hydrogen) atoms. The standard InChI is InChI=1S/C20H20F3N5O.C2H6/c1-12-10-26-16-9-14(13-4-7-24-8-5-13)19(29)28(18(16)27-12)11-17-15(20(21,22)23)3-2-6-25-17;1-2/h2-3,6,9-10,13,24H,4-5,7-8,11H2,1H3;1-2H3. The number of pyridine rings is 2. The summed E-state index contributed by atoms with van der Waals surface area (Å²) in [7, 11) is 0. The van der Waals surface area contributed by atoms with Gasteiger partial charge in [-0.1, -0.05) is 13.8 Å². The lowest BCUT2D eigenvalue weighted by atomic mass is 9.91. The zero-order valence-electron chi connectivity index (χ0n) is 17.8. The van der Waals surface area contributed by atoms with Crippen LogP contribution in [0.3, 0.4) is 0 Å². The minimum Gasteiger partial charge on any atom is -0.317 e. The van der Waals surface area contributed by atoms with Gasteiger partial charge in [-0.15, -0.1) is 0 Å². The van der Waals surface area contributed by atoms with E-state index in [1.54, 1.807) is 19.2 Å². The summed E-state index contributed by atoms with van der Waals surface area (Å²) in [5.74, 6) is 0.0355. The highest BCUT2D eigenvalue weighted by Crippen LogP contribution is 2.31. The third-order valence-corrected chi connectivity index (χ3v) is 5.22. The van der Waals surface area contributed by atoms with Crippen molar-refractivity contribution in [2.45, 2.75) is 52.3 Å². The Hall–Kier alpha value is -2.81. The van der Waals surface area contributed by atoms with Crippen molar-refractivity contribution in [2.24, 2.45) is 0 Å². The van der Waals surface area contributed by atoms with Gasteiger partial charge in [0.25, 0.3) is 5.56 Å². The van der Waals surface area contributed by atoms with Crippen LogP contribution in [0.1, 0.15) is 55.1 Å². The molecule has 0 atom stereocenters. The van der Waals surface area contributed by atoms with E-state index in [1.807, 2.05) is 13.8 Å². The van der Waals surface area contributed by atoms with Gasteiger partial charge in [0.05, 0.1) is 23.5 Å². The van der Waals surface area contributed by atoms with E-state index in [0.717, 1.165) is 32.0 Å². The predicted octanol–water partition coefficient (Wildman–Crippen LogP) is 4.06. The van der Waals surface area contributed by atoms with Gasteiger partial charge in [-0.3, -0.25) is 19.3 Å². The number of halogens is 3. The summed E-state index contributed by atoms with van der Waals surface area (Å²) in [5.41, 5.74) is 0.517. The first-order valence-electron chi connectivity index (χ1n) is 10.4. The summed E-state index contributed by atoms with van der Waals surface area (Å²) >= 11 is 0. The molecule has 0 spiro atoms. The van der Waals surface area contributed by atoms with Crippen LogP contribution in [0.4, 0.5) is 13.2 Å². The third kappa shape index (κ3) is 4.92. The largest absolute Gasteiger partial charge is 0.418 e. The van der Waals surface area contributed by atoms with E-state index in [4.69, 9.17) is 0 Å². The predicted molar refractivity (Wildman–Crippen MR) is 113 cm³/mol. The molecule has 1 saturated heterocycles. The molecule has 9 heteroatoms. The molecule has 1 N–H and O–H groups in total. The zero-order valence-corrected chi connectivity index (χ0v) is 17.8. The number of nitrogens with zero attached hydrogens (tertiary/aromatic N) is 4. The van der Waals surface area contributed by atoms with E-state index >= 15 is 0 Å². The monoisotopic (exact) mass is 433 g/mol. The maximum absolute atomic E-state index is 13.4. The van der Waals surface area contributed by atoms with Crippen LogP contribution in [0, 0.1) is 6.92 Å². The van der Waals surface area contributed by atoms with Crippen LogP contribution < -0.4 is 10.9 Å². The number of piperidine rings is 1. The lowest BCUT2D eigenvalue weighted by Crippen LogP contribution is -2.33. The molecule has 0 unspecified atom stereocenters. The highest BCUT2D eigenvalue weighted by atomic mass is 19.4. The Morgan fingerprint density at radius 3 is 2.58 bits per heavy atom. The molecule has 0 radical (unpaired) electrons. The van der Waals surface area contributed by atoms with Crippen LogP contribution in [0.2, 0.25) is 0 Å². The molecule has 0 amide bonds. The third-order valence-electron chi connectivity index (χ3n) is 5.22. The molecule has 4 heterocycles. The second-order valence-electron chi connectivity index (χ2n) is 7.23. The Morgan fingerprint density at radius 2 is 1.90 bits per heavy atom. The Balaban J connectivity index is 0.00000132. The molecule has 3 aromatic heterocycles. The van der Waals surface area contributed by atoms with E-state index in [0.29, 0.717) is 16.8 Å². The van der Waals surface area contributed by atoms with E-state index in [1.165, 1.54) is 16.8 Å². The average Bonchev–Trinajstić information content (AvgIpc) is 2.77. The van der Waals surface area contributed by atoms with Crippen molar-refractivity contribution >= 4 is 11.2 Å². The minimum atomic E-state index is -4.56. The molecule has 1 aliphatic rings. The Kier molecular flexibility index (Phi) is 7.04. The number of fused-ring (bicyclic) bond motifs is 1. The molecule has 6 nitrogen and oxygen atoms in total. The van der Waals surface area contributed by atoms with Crippen LogP contribution in [0.25, 0.3) is 11.2 Å². The minimum absolute atomic E-state index is 0.0355. The van der Waals surface area contributed by atoms with Crippen LogP contribution >= 0.6 is 0 Å². The van der Waals surface area contributed by atoms with Gasteiger partial charge in [0.15, 0.2) is 5.65 Å². The van der Waals surface area contributed by atoms with Gasteiger partial charge >= 0.3 is 6.18 Å². The summed E-state index contributed by atoms with van der Waals surface area (Å²) in [6.07, 6.45) is -0.0945. The Labute approximate surface area is 178 Å². The summed E-state index contributed by atoms with van der Waals surface area (Å²) in [5, 5.41) is 3.26. The van der Waals surface area contributed by atoms with Gasteiger partial charge in [0.2, 0.25) is 0 Å². The van der Waals surface area contributed by atoms with Crippen LogP contribution in [0.15, 0.2) is 35.4 Å². The van der Waals surface area contributed by atoms with E-state index in [2.05, 4.69) is 20.3 Å². The molecule has 4 rings (SSSR count). The van der Waals surface area contributed by atoms with E-state index in [9.17, 15) is 18.0 Å². The van der Waals surface area contributed by atoms with Gasteiger partial charge in [-0.05, 0) is 57.0 Å². The SMILES string of the molecule is CC.Cc1cnc2cc(C3CCNCC3)c(=O)n(Cc3ncccc3C(F)(F)F)c2n1. The Morgan fingerprint density at radius 1 is 1.19 bits per heavy atom. The van der Waals surface area contributed by atoms with Crippen molar-refractivity contribution in [2.75, 3.05) is 13.1 Å². The van der Waals surface area contributed by atoms with Crippen molar-refractivity contribution < 1.29 is 13.2 Å². The normalized spacial score (nSPS) is 14.9.